The highest BCUT2D eigenvalue weighted by Gasteiger charge is 2.51. The van der Waals surface area contributed by atoms with Crippen LogP contribution in [0.4, 0.5) is 0 Å². The summed E-state index contributed by atoms with van der Waals surface area (Å²) in [7, 11) is 0. The van der Waals surface area contributed by atoms with Crippen LogP contribution in [0.1, 0.15) is 32.3 Å². The zero-order valence-corrected chi connectivity index (χ0v) is 13.3. The number of carbonyl (C=O) groups is 1. The first kappa shape index (κ1) is 15.4. The summed E-state index contributed by atoms with van der Waals surface area (Å²) in [5.41, 5.74) is 0.789. The number of hydrogen-bond donors (Lipinski definition) is 0. The molecule has 1 aromatic carbocycles. The van der Waals surface area contributed by atoms with Gasteiger partial charge in [0, 0.05) is 18.4 Å². The summed E-state index contributed by atoms with van der Waals surface area (Å²) < 4.78 is 11.9. The summed E-state index contributed by atoms with van der Waals surface area (Å²) in [6, 6.07) is 10.2. The molecule has 0 spiro atoms. The average Bonchev–Trinajstić information content (AvgIpc) is 2.95. The van der Waals surface area contributed by atoms with E-state index in [0.29, 0.717) is 19.0 Å². The van der Waals surface area contributed by atoms with Gasteiger partial charge in [-0.05, 0) is 18.4 Å². The number of carbonyl (C=O) groups excluding carboxylic acids is 1. The zero-order chi connectivity index (χ0) is 15.6. The molecule has 0 saturated carbocycles. The summed E-state index contributed by atoms with van der Waals surface area (Å²) in [6.45, 7) is 5.29. The lowest BCUT2D eigenvalue weighted by molar-refractivity contribution is -0.160. The van der Waals surface area contributed by atoms with Gasteiger partial charge >= 0.3 is 0 Å². The molecular weight excluding hydrogens is 276 g/mol. The molecule has 2 bridgehead atoms. The third-order valence-electron chi connectivity index (χ3n) is 4.99. The van der Waals surface area contributed by atoms with E-state index in [9.17, 15) is 4.79 Å². The quantitative estimate of drug-likeness (QED) is 0.595. The van der Waals surface area contributed by atoms with E-state index in [1.54, 1.807) is 0 Å². The first-order valence-corrected chi connectivity index (χ1v) is 8.15. The van der Waals surface area contributed by atoms with Crippen LogP contribution in [0.2, 0.25) is 0 Å². The number of rotatable bonds is 6. The second-order valence-corrected chi connectivity index (χ2v) is 6.45. The van der Waals surface area contributed by atoms with Crippen molar-refractivity contribution in [1.29, 1.82) is 0 Å². The minimum absolute atomic E-state index is 0.0174. The Kier molecular flexibility index (Phi) is 4.46. The Labute approximate surface area is 132 Å². The van der Waals surface area contributed by atoms with Crippen molar-refractivity contribution in [2.75, 3.05) is 6.61 Å². The number of ketones is 1. The summed E-state index contributed by atoms with van der Waals surface area (Å²) in [6.07, 6.45) is 5.89. The Hall–Kier alpha value is -1.45. The van der Waals surface area contributed by atoms with Gasteiger partial charge in [-0.2, -0.15) is 0 Å². The summed E-state index contributed by atoms with van der Waals surface area (Å²) in [5, 5.41) is 0. The van der Waals surface area contributed by atoms with Crippen molar-refractivity contribution in [2.45, 2.75) is 45.0 Å². The van der Waals surface area contributed by atoms with Gasteiger partial charge in [0.15, 0.2) is 0 Å². The van der Waals surface area contributed by atoms with Gasteiger partial charge < -0.3 is 9.47 Å². The maximum Gasteiger partial charge on any atom is 0.144 e. The van der Waals surface area contributed by atoms with E-state index in [4.69, 9.17) is 9.47 Å². The highest BCUT2D eigenvalue weighted by molar-refractivity contribution is 5.86. The van der Waals surface area contributed by atoms with Crippen LogP contribution in [0.25, 0.3) is 0 Å². The maximum atomic E-state index is 12.3. The largest absolute Gasteiger partial charge is 0.377 e. The topological polar surface area (TPSA) is 35.5 Å². The van der Waals surface area contributed by atoms with E-state index >= 15 is 0 Å². The lowest BCUT2D eigenvalue weighted by Gasteiger charge is -2.41. The van der Waals surface area contributed by atoms with E-state index in [-0.39, 0.29) is 17.9 Å². The molecule has 4 atom stereocenters. The molecule has 22 heavy (non-hydrogen) atoms. The first-order valence-electron chi connectivity index (χ1n) is 8.15. The highest BCUT2D eigenvalue weighted by atomic mass is 16.5. The minimum atomic E-state index is -0.398. The van der Waals surface area contributed by atoms with Crippen molar-refractivity contribution >= 4 is 5.78 Å². The van der Waals surface area contributed by atoms with E-state index in [1.165, 1.54) is 5.56 Å². The summed E-state index contributed by atoms with van der Waals surface area (Å²) in [5.74, 6) is 0.245. The SMILES string of the molecule is C[C@@H]1C(=O)[C@H](C)[C@]2(CCCOCc3ccccc3)C=C[C@H]1O2. The van der Waals surface area contributed by atoms with Crippen LogP contribution in [0.15, 0.2) is 42.5 Å². The summed E-state index contributed by atoms with van der Waals surface area (Å²) in [4.78, 5) is 12.3. The van der Waals surface area contributed by atoms with Crippen LogP contribution in [0.5, 0.6) is 0 Å². The average molecular weight is 300 g/mol. The fraction of sp³-hybridized carbons (Fsp3) is 0.526. The van der Waals surface area contributed by atoms with Crippen LogP contribution in [-0.4, -0.2) is 24.1 Å². The Bertz CT molecular complexity index is 551. The van der Waals surface area contributed by atoms with E-state index in [1.807, 2.05) is 32.0 Å². The third-order valence-corrected chi connectivity index (χ3v) is 4.99. The van der Waals surface area contributed by atoms with Crippen molar-refractivity contribution in [2.24, 2.45) is 11.8 Å². The molecule has 2 aliphatic rings. The monoisotopic (exact) mass is 300 g/mol. The van der Waals surface area contributed by atoms with Gasteiger partial charge in [0.2, 0.25) is 0 Å². The number of hydrogen-bond acceptors (Lipinski definition) is 3. The second-order valence-electron chi connectivity index (χ2n) is 6.45. The molecule has 0 N–H and O–H groups in total. The van der Waals surface area contributed by atoms with Crippen molar-refractivity contribution in [3.63, 3.8) is 0 Å². The van der Waals surface area contributed by atoms with Gasteiger partial charge in [-0.25, -0.2) is 0 Å². The van der Waals surface area contributed by atoms with Gasteiger partial charge in [0.1, 0.15) is 5.78 Å². The molecule has 118 valence electrons. The molecule has 3 rings (SSSR count). The Morgan fingerprint density at radius 2 is 2.00 bits per heavy atom. The van der Waals surface area contributed by atoms with Crippen molar-refractivity contribution in [1.82, 2.24) is 0 Å². The molecule has 0 aromatic heterocycles. The number of Topliss-reactive ketones (excluding diaryl/α,β-unsaturated/α-hetero) is 1. The van der Waals surface area contributed by atoms with Crippen LogP contribution in [0, 0.1) is 11.8 Å². The normalized spacial score (nSPS) is 33.4. The molecular formula is C19H24O3. The van der Waals surface area contributed by atoms with Gasteiger partial charge in [-0.15, -0.1) is 0 Å². The predicted octanol–water partition coefficient (Wildman–Crippen LogP) is 3.53. The van der Waals surface area contributed by atoms with Gasteiger partial charge in [0.25, 0.3) is 0 Å². The predicted molar refractivity (Wildman–Crippen MR) is 85.4 cm³/mol. The smallest absolute Gasteiger partial charge is 0.144 e. The molecule has 0 unspecified atom stereocenters. The fourth-order valence-corrected chi connectivity index (χ4v) is 3.48. The van der Waals surface area contributed by atoms with Crippen molar-refractivity contribution in [3.8, 4) is 0 Å². The van der Waals surface area contributed by atoms with E-state index in [0.717, 1.165) is 12.8 Å². The molecule has 2 heterocycles. The molecule has 0 aliphatic carbocycles. The van der Waals surface area contributed by atoms with E-state index in [2.05, 4.69) is 24.3 Å². The van der Waals surface area contributed by atoms with Crippen LogP contribution in [-0.2, 0) is 20.9 Å². The third kappa shape index (κ3) is 2.88. The van der Waals surface area contributed by atoms with Crippen molar-refractivity contribution in [3.05, 3.63) is 48.0 Å². The van der Waals surface area contributed by atoms with Gasteiger partial charge in [-0.3, -0.25) is 4.79 Å². The van der Waals surface area contributed by atoms with Crippen LogP contribution >= 0.6 is 0 Å². The summed E-state index contributed by atoms with van der Waals surface area (Å²) >= 11 is 0. The van der Waals surface area contributed by atoms with Gasteiger partial charge in [-0.1, -0.05) is 56.3 Å². The minimum Gasteiger partial charge on any atom is -0.377 e. The molecule has 2 aliphatic heterocycles. The van der Waals surface area contributed by atoms with Crippen molar-refractivity contribution < 1.29 is 14.3 Å². The number of benzene rings is 1. The fourth-order valence-electron chi connectivity index (χ4n) is 3.48. The standard InChI is InChI=1S/C19H24O3/c1-14-17-9-11-19(22-17,15(2)18(14)20)10-6-12-21-13-16-7-4-3-5-8-16/h3-5,7-9,11,14-15,17H,6,10,12-13H2,1-2H3/t14-,15-,17+,19-/m0/s1. The molecule has 1 fully saturated rings. The molecule has 0 radical (unpaired) electrons. The number of fused-ring (bicyclic) bond motifs is 2. The van der Waals surface area contributed by atoms with Gasteiger partial charge in [0.05, 0.1) is 18.3 Å². The van der Waals surface area contributed by atoms with Crippen LogP contribution in [0.3, 0.4) is 0 Å². The van der Waals surface area contributed by atoms with Crippen LogP contribution < -0.4 is 0 Å². The Balaban J connectivity index is 1.47. The maximum absolute atomic E-state index is 12.3. The zero-order valence-electron chi connectivity index (χ0n) is 13.3. The molecule has 0 amide bonds. The number of ether oxygens (including phenoxy) is 2. The second kappa shape index (κ2) is 6.35. The molecule has 3 nitrogen and oxygen atoms in total. The van der Waals surface area contributed by atoms with E-state index < -0.39 is 5.60 Å². The molecule has 1 aromatic rings. The Morgan fingerprint density at radius 3 is 2.77 bits per heavy atom. The molecule has 1 saturated heterocycles. The Morgan fingerprint density at radius 1 is 1.23 bits per heavy atom. The first-order chi connectivity index (χ1) is 10.6. The lowest BCUT2D eigenvalue weighted by Crippen LogP contribution is -2.50. The highest BCUT2D eigenvalue weighted by Crippen LogP contribution is 2.43. The molecule has 3 heteroatoms. The lowest BCUT2D eigenvalue weighted by atomic mass is 9.77.